The topological polar surface area (TPSA) is 159 Å². The van der Waals surface area contributed by atoms with E-state index in [-0.39, 0.29) is 34.1 Å². The van der Waals surface area contributed by atoms with Crippen molar-refractivity contribution < 1.29 is 34.1 Å². The number of aliphatic imine (C=N–C) groups is 6. The molecule has 0 spiro atoms. The van der Waals surface area contributed by atoms with Gasteiger partial charge in [0.2, 0.25) is 0 Å². The third-order valence-electron chi connectivity index (χ3n) is 18.0. The maximum absolute atomic E-state index is 4.60. The van der Waals surface area contributed by atoms with Crippen LogP contribution >= 0.6 is 0 Å². The summed E-state index contributed by atoms with van der Waals surface area (Å²) in [6, 6.07) is 6.45. The van der Waals surface area contributed by atoms with Gasteiger partial charge in [0, 0.05) is 37.3 Å². The molecule has 6 aromatic heterocycles. The Kier molecular flexibility index (Phi) is 26.6. The van der Waals surface area contributed by atoms with E-state index >= 15 is 0 Å². The van der Waals surface area contributed by atoms with Crippen molar-refractivity contribution in [1.82, 2.24) is 29.9 Å². The summed E-state index contributed by atoms with van der Waals surface area (Å²) >= 11 is 0. The first-order chi connectivity index (χ1) is 45.4. The van der Waals surface area contributed by atoms with Crippen molar-refractivity contribution >= 4 is 73.7 Å². The van der Waals surface area contributed by atoms with E-state index in [2.05, 4.69) is 216 Å². The van der Waals surface area contributed by atoms with Gasteiger partial charge in [0.1, 0.15) is 0 Å². The van der Waals surface area contributed by atoms with Crippen LogP contribution in [0.4, 0.5) is 0 Å². The normalized spacial score (nSPS) is 17.9. The Morgan fingerprint density at radius 1 is 0.295 bits per heavy atom. The molecule has 12 rings (SSSR count). The van der Waals surface area contributed by atoms with Crippen LogP contribution in [0.15, 0.2) is 188 Å². The summed E-state index contributed by atoms with van der Waals surface area (Å²) in [6.45, 7) is 26.2. The minimum atomic E-state index is 0. The third kappa shape index (κ3) is 17.8. The minimum absolute atomic E-state index is 0. The van der Waals surface area contributed by atoms with Gasteiger partial charge in [0.15, 0.2) is 0 Å². The second kappa shape index (κ2) is 34.9. The maximum Gasteiger partial charge on any atom is 3.00 e. The second-order valence-corrected chi connectivity index (χ2v) is 23.9. The first-order valence-electron chi connectivity index (χ1n) is 34.0. The molecule has 6 aliphatic rings. The molecule has 0 atom stereocenters. The van der Waals surface area contributed by atoms with E-state index in [4.69, 9.17) is 0 Å². The molecule has 0 unspecified atom stereocenters. The Morgan fingerprint density at radius 3 is 0.821 bits per heavy atom. The molecule has 0 N–H and O–H groups in total. The van der Waals surface area contributed by atoms with Crippen LogP contribution in [-0.2, 0) is 91.9 Å². The fourth-order valence-corrected chi connectivity index (χ4v) is 13.0. The summed E-state index contributed by atoms with van der Waals surface area (Å²) in [5.41, 5.74) is 35.4. The molecule has 0 bridgehead atoms. The fraction of sp³-hybridized carbons (Fsp3) is 0.333. The first-order valence-corrected chi connectivity index (χ1v) is 34.0. The zero-order valence-electron chi connectivity index (χ0n) is 57.5. The molecule has 6 aromatic rings. The van der Waals surface area contributed by atoms with Gasteiger partial charge >= 0.3 is 34.1 Å². The molecule has 12 nitrogen and oxygen atoms in total. The number of hydrogen-bond donors (Lipinski definition) is 0. The van der Waals surface area contributed by atoms with Gasteiger partial charge in [-0.05, 0) is 165 Å². The van der Waals surface area contributed by atoms with Gasteiger partial charge in [0.25, 0.3) is 0 Å². The Hall–Kier alpha value is -8.38. The van der Waals surface area contributed by atoms with Gasteiger partial charge < -0.3 is 29.9 Å². The summed E-state index contributed by atoms with van der Waals surface area (Å²) < 4.78 is 0. The van der Waals surface area contributed by atoms with Gasteiger partial charge in [-0.1, -0.05) is 188 Å². The van der Waals surface area contributed by atoms with E-state index in [9.17, 15) is 0 Å². The number of hydrogen-bond acceptors (Lipinski definition) is 6. The quantitative estimate of drug-likeness (QED) is 0.0549. The molecule has 95 heavy (non-hydrogen) atoms. The molecule has 14 heteroatoms. The second-order valence-electron chi connectivity index (χ2n) is 23.9. The molecular weight excluding hydrogens is 1250 g/mol. The predicted molar refractivity (Wildman–Crippen MR) is 392 cm³/mol. The summed E-state index contributed by atoms with van der Waals surface area (Å²) in [5, 5.41) is 0. The Morgan fingerprint density at radius 2 is 0.579 bits per heavy atom. The molecule has 0 saturated heterocycles. The Labute approximate surface area is 585 Å². The monoisotopic (exact) mass is 1340 g/mol. The maximum atomic E-state index is 4.60. The van der Waals surface area contributed by atoms with Crippen molar-refractivity contribution in [3.63, 3.8) is 0 Å². The first kappa shape index (κ1) is 72.4. The van der Waals surface area contributed by atoms with Crippen LogP contribution in [0.1, 0.15) is 206 Å². The Balaban J connectivity index is 0.000000181. The van der Waals surface area contributed by atoms with E-state index in [0.29, 0.717) is 0 Å². The summed E-state index contributed by atoms with van der Waals surface area (Å²) in [4.78, 5) is 55.1. The molecule has 0 fully saturated rings. The smallest absolute Gasteiger partial charge is 0.664 e. The van der Waals surface area contributed by atoms with Gasteiger partial charge in [0.05, 0.1) is 34.2 Å². The zero-order chi connectivity index (χ0) is 65.4. The molecule has 2 radical (unpaired) electrons. The van der Waals surface area contributed by atoms with Crippen molar-refractivity contribution in [3.05, 3.63) is 242 Å². The zero-order valence-corrected chi connectivity index (χ0v) is 59.7. The summed E-state index contributed by atoms with van der Waals surface area (Å²) in [7, 11) is 0. The van der Waals surface area contributed by atoms with Crippen LogP contribution in [0.3, 0.4) is 0 Å². The van der Waals surface area contributed by atoms with Crippen LogP contribution in [-0.4, -0.2) is 37.3 Å². The molecule has 0 amide bonds. The standard InChI is InChI=1S/3C27H30N4.2Fe/c3*1-5-20-16-30-26(24(20)7-3)12-22-10-18(14-28-22)9-19-11-23(29-15-19)13-27-25(8-4)21(6-2)17-31-27;;/h3*10-17H,5-9H2,1-4H3;;/q3*-2;2*+3/b3*22-12-,27-13-;;. The molecule has 6 aliphatic heterocycles. The van der Waals surface area contributed by atoms with Gasteiger partial charge in [-0.15, -0.1) is 34.2 Å². The van der Waals surface area contributed by atoms with Gasteiger partial charge in [-0.2, -0.15) is 37.2 Å². The van der Waals surface area contributed by atoms with Crippen molar-refractivity contribution in [1.29, 1.82) is 0 Å². The molecular formula is C81H90Fe2N12. The average molecular weight is 1340 g/mol. The molecule has 0 aliphatic carbocycles. The van der Waals surface area contributed by atoms with Crippen molar-refractivity contribution in [3.8, 4) is 0 Å². The largest absolute Gasteiger partial charge is 3.00 e. The van der Waals surface area contributed by atoms with Crippen molar-refractivity contribution in [2.75, 3.05) is 0 Å². The van der Waals surface area contributed by atoms with Crippen LogP contribution in [0, 0.1) is 0 Å². The Bertz CT molecular complexity index is 3870. The number of rotatable bonds is 24. The SMILES string of the molecule is CCC1=C(CC)/C(=C/c2cc(CC3=C/C(=C/c4[n-]cc(CC)c4CC)N=C3)c[n-]2)N=C1.CCC1=C(CC)/C(=C/c2cc(CC3=C/C(=C/c4[n-]cc(CC)c4CC)N=C3)c[n-]2)N=C1.CCC1=C(CC)/C(=C/c2cc(CC3=C/C(=C/c4[n-]cc(CC)c4CC)N=C3)c[n-]2)N=C1.[Fe+3].[Fe+3]. The summed E-state index contributed by atoms with van der Waals surface area (Å²) in [6.07, 6.45) is 57.4. The van der Waals surface area contributed by atoms with Crippen LogP contribution < -0.4 is 29.9 Å². The molecule has 0 saturated carbocycles. The van der Waals surface area contributed by atoms with Gasteiger partial charge in [-0.3, -0.25) is 30.0 Å². The minimum Gasteiger partial charge on any atom is -0.664 e. The predicted octanol–water partition coefficient (Wildman–Crippen LogP) is 17.6. The fourth-order valence-electron chi connectivity index (χ4n) is 13.0. The number of aryl methyl sites for hydroxylation is 3. The van der Waals surface area contributed by atoms with Gasteiger partial charge in [-0.25, -0.2) is 0 Å². The average Bonchev–Trinajstić information content (AvgIpc) is 1.83. The van der Waals surface area contributed by atoms with Crippen molar-refractivity contribution in [2.24, 2.45) is 30.0 Å². The van der Waals surface area contributed by atoms with Crippen LogP contribution in [0.25, 0.3) is 36.5 Å². The third-order valence-corrected chi connectivity index (χ3v) is 18.0. The van der Waals surface area contributed by atoms with Crippen LogP contribution in [0.5, 0.6) is 0 Å². The van der Waals surface area contributed by atoms with E-state index in [0.717, 1.165) is 165 Å². The van der Waals surface area contributed by atoms with Crippen molar-refractivity contribution in [2.45, 2.75) is 179 Å². The molecule has 12 heterocycles. The van der Waals surface area contributed by atoms with E-state index in [1.807, 2.05) is 74.5 Å². The molecule has 0 aromatic carbocycles. The number of aromatic nitrogens is 6. The van der Waals surface area contributed by atoms with E-state index in [1.54, 1.807) is 0 Å². The van der Waals surface area contributed by atoms with E-state index in [1.165, 1.54) is 100 Å². The number of nitrogens with zero attached hydrogens (tertiary/aromatic N) is 12. The molecule has 490 valence electrons. The summed E-state index contributed by atoms with van der Waals surface area (Å²) in [5.74, 6) is 0. The van der Waals surface area contributed by atoms with E-state index < -0.39 is 0 Å². The number of allylic oxidation sites excluding steroid dienone is 12. The van der Waals surface area contributed by atoms with Crippen LogP contribution in [0.2, 0.25) is 0 Å².